The Morgan fingerprint density at radius 1 is 1.42 bits per heavy atom. The van der Waals surface area contributed by atoms with Gasteiger partial charge in [0.1, 0.15) is 0 Å². The Labute approximate surface area is 72.3 Å². The van der Waals surface area contributed by atoms with Gasteiger partial charge < -0.3 is 5.11 Å². The van der Waals surface area contributed by atoms with Crippen LogP contribution in [0.15, 0.2) is 24.3 Å². The summed E-state index contributed by atoms with van der Waals surface area (Å²) in [5.74, 6) is 0. The van der Waals surface area contributed by atoms with E-state index in [1.165, 1.54) is 11.3 Å². The third-order valence-electron chi connectivity index (χ3n) is 1.51. The Kier molecular flexibility index (Phi) is 1.78. The highest BCUT2D eigenvalue weighted by atomic mass is 32.1. The predicted octanol–water partition coefficient (Wildman–Crippen LogP) is 2.26. The molecule has 0 amide bonds. The molecule has 0 fully saturated rings. The summed E-state index contributed by atoms with van der Waals surface area (Å²) in [7, 11) is 0. The van der Waals surface area contributed by atoms with E-state index >= 15 is 0 Å². The molecule has 2 aromatic rings. The molecule has 0 bridgehead atoms. The zero-order valence-electron chi connectivity index (χ0n) is 6.07. The second-order valence-electron chi connectivity index (χ2n) is 2.36. The molecule has 1 unspecified atom stereocenters. The standard InChI is InChI=1S/C8H6FNOS/c9-7(11)8-10-5-3-1-2-4-6(5)12-8/h1-4,7,11H. The molecule has 1 N–H and O–H groups in total. The van der Waals surface area contributed by atoms with Crippen molar-refractivity contribution in [3.8, 4) is 0 Å². The van der Waals surface area contributed by atoms with Gasteiger partial charge in [-0.25, -0.2) is 9.37 Å². The molecule has 1 atom stereocenters. The number of fused-ring (bicyclic) bond motifs is 1. The van der Waals surface area contributed by atoms with Crippen molar-refractivity contribution in [2.24, 2.45) is 0 Å². The van der Waals surface area contributed by atoms with Gasteiger partial charge in [0.25, 0.3) is 0 Å². The lowest BCUT2D eigenvalue weighted by molar-refractivity contribution is 0.0411. The van der Waals surface area contributed by atoms with E-state index in [9.17, 15) is 4.39 Å². The van der Waals surface area contributed by atoms with Crippen molar-refractivity contribution in [1.29, 1.82) is 0 Å². The maximum atomic E-state index is 12.4. The van der Waals surface area contributed by atoms with Crippen LogP contribution in [0.2, 0.25) is 0 Å². The topological polar surface area (TPSA) is 33.1 Å². The molecule has 1 aromatic heterocycles. The average molecular weight is 183 g/mol. The fourth-order valence-electron chi connectivity index (χ4n) is 0.992. The van der Waals surface area contributed by atoms with Crippen molar-refractivity contribution in [2.75, 3.05) is 0 Å². The Morgan fingerprint density at radius 3 is 2.83 bits per heavy atom. The van der Waals surface area contributed by atoms with Crippen LogP contribution >= 0.6 is 11.3 Å². The summed E-state index contributed by atoms with van der Waals surface area (Å²) in [6, 6.07) is 7.32. The Balaban J connectivity index is 2.62. The Bertz CT molecular complexity index is 366. The molecule has 12 heavy (non-hydrogen) atoms. The first kappa shape index (κ1) is 7.64. The number of benzene rings is 1. The largest absolute Gasteiger partial charge is 0.359 e. The molecule has 1 heterocycles. The highest BCUT2D eigenvalue weighted by Gasteiger charge is 2.10. The minimum absolute atomic E-state index is 0.121. The number of aromatic nitrogens is 1. The number of hydrogen-bond donors (Lipinski definition) is 1. The first-order valence-electron chi connectivity index (χ1n) is 3.45. The summed E-state index contributed by atoms with van der Waals surface area (Å²) in [6.45, 7) is 0. The lowest BCUT2D eigenvalue weighted by atomic mass is 10.3. The summed E-state index contributed by atoms with van der Waals surface area (Å²) < 4.78 is 13.3. The highest BCUT2D eigenvalue weighted by Crippen LogP contribution is 2.26. The zero-order valence-corrected chi connectivity index (χ0v) is 6.88. The SMILES string of the molecule is OC(F)c1nc2ccccc2s1. The van der Waals surface area contributed by atoms with Crippen molar-refractivity contribution < 1.29 is 9.50 Å². The maximum absolute atomic E-state index is 12.4. The molecule has 2 nitrogen and oxygen atoms in total. The molecule has 0 aliphatic rings. The van der Waals surface area contributed by atoms with Crippen molar-refractivity contribution in [2.45, 2.75) is 6.36 Å². The van der Waals surface area contributed by atoms with Crippen LogP contribution in [0.5, 0.6) is 0 Å². The number of alkyl halides is 1. The molecule has 1 aromatic carbocycles. The van der Waals surface area contributed by atoms with E-state index in [0.29, 0.717) is 0 Å². The third-order valence-corrected chi connectivity index (χ3v) is 2.57. The molecule has 62 valence electrons. The van der Waals surface area contributed by atoms with Crippen LogP contribution in [-0.4, -0.2) is 10.1 Å². The van der Waals surface area contributed by atoms with E-state index in [2.05, 4.69) is 4.98 Å². The van der Waals surface area contributed by atoms with Crippen LogP contribution in [0.4, 0.5) is 4.39 Å². The minimum atomic E-state index is -1.96. The predicted molar refractivity (Wildman–Crippen MR) is 45.7 cm³/mol. The smallest absolute Gasteiger partial charge is 0.249 e. The number of nitrogens with zero attached hydrogens (tertiary/aromatic N) is 1. The number of hydrogen-bond acceptors (Lipinski definition) is 3. The molecular weight excluding hydrogens is 177 g/mol. The van der Waals surface area contributed by atoms with Crippen LogP contribution in [0.25, 0.3) is 10.2 Å². The lowest BCUT2D eigenvalue weighted by Gasteiger charge is -1.89. The van der Waals surface area contributed by atoms with Crippen LogP contribution < -0.4 is 0 Å². The van der Waals surface area contributed by atoms with Crippen molar-refractivity contribution in [1.82, 2.24) is 4.98 Å². The van der Waals surface area contributed by atoms with Crippen molar-refractivity contribution >= 4 is 21.6 Å². The van der Waals surface area contributed by atoms with Crippen LogP contribution in [0.1, 0.15) is 11.4 Å². The number of aliphatic hydroxyl groups is 1. The minimum Gasteiger partial charge on any atom is -0.359 e. The molecule has 0 aliphatic carbocycles. The number of para-hydroxylation sites is 1. The number of thiazole rings is 1. The summed E-state index contributed by atoms with van der Waals surface area (Å²) in [5, 5.41) is 8.73. The van der Waals surface area contributed by atoms with E-state index in [0.717, 1.165) is 10.2 Å². The second kappa shape index (κ2) is 2.80. The van der Waals surface area contributed by atoms with Gasteiger partial charge in [0.2, 0.25) is 6.36 Å². The van der Waals surface area contributed by atoms with Gasteiger partial charge >= 0.3 is 0 Å². The van der Waals surface area contributed by atoms with Gasteiger partial charge in [0.15, 0.2) is 5.01 Å². The average Bonchev–Trinajstić information content (AvgIpc) is 2.46. The summed E-state index contributed by atoms with van der Waals surface area (Å²) in [6.07, 6.45) is -1.96. The van der Waals surface area contributed by atoms with E-state index < -0.39 is 6.36 Å². The summed E-state index contributed by atoms with van der Waals surface area (Å²) >= 11 is 1.17. The molecule has 0 aliphatic heterocycles. The normalized spacial score (nSPS) is 13.5. The first-order chi connectivity index (χ1) is 5.77. The van der Waals surface area contributed by atoms with Gasteiger partial charge in [-0.05, 0) is 12.1 Å². The molecule has 4 heteroatoms. The van der Waals surface area contributed by atoms with Gasteiger partial charge in [0, 0.05) is 0 Å². The molecule has 0 radical (unpaired) electrons. The van der Waals surface area contributed by atoms with Gasteiger partial charge in [-0.3, -0.25) is 0 Å². The monoisotopic (exact) mass is 183 g/mol. The zero-order chi connectivity index (χ0) is 8.55. The molecule has 0 spiro atoms. The molecule has 0 saturated heterocycles. The molecule has 2 rings (SSSR count). The Hall–Kier alpha value is -1.00. The second-order valence-corrected chi connectivity index (χ2v) is 3.42. The number of rotatable bonds is 1. The maximum Gasteiger partial charge on any atom is 0.249 e. The Morgan fingerprint density at radius 2 is 2.17 bits per heavy atom. The van der Waals surface area contributed by atoms with Crippen LogP contribution in [-0.2, 0) is 0 Å². The van der Waals surface area contributed by atoms with Gasteiger partial charge in [0.05, 0.1) is 10.2 Å². The van der Waals surface area contributed by atoms with E-state index in [-0.39, 0.29) is 5.01 Å². The molecule has 0 saturated carbocycles. The third kappa shape index (κ3) is 1.19. The number of halogens is 1. The van der Waals surface area contributed by atoms with Crippen molar-refractivity contribution in [3.05, 3.63) is 29.3 Å². The van der Waals surface area contributed by atoms with Gasteiger partial charge in [-0.2, -0.15) is 0 Å². The van der Waals surface area contributed by atoms with E-state index in [1.54, 1.807) is 6.07 Å². The van der Waals surface area contributed by atoms with Crippen LogP contribution in [0, 0.1) is 0 Å². The van der Waals surface area contributed by atoms with Gasteiger partial charge in [-0.1, -0.05) is 12.1 Å². The van der Waals surface area contributed by atoms with E-state index in [1.807, 2.05) is 18.2 Å². The fourth-order valence-corrected chi connectivity index (χ4v) is 1.82. The quantitative estimate of drug-likeness (QED) is 0.735. The first-order valence-corrected chi connectivity index (χ1v) is 4.26. The van der Waals surface area contributed by atoms with Gasteiger partial charge in [-0.15, -0.1) is 11.3 Å². The van der Waals surface area contributed by atoms with E-state index in [4.69, 9.17) is 5.11 Å². The fraction of sp³-hybridized carbons (Fsp3) is 0.125. The van der Waals surface area contributed by atoms with Crippen LogP contribution in [0.3, 0.4) is 0 Å². The summed E-state index contributed by atoms with van der Waals surface area (Å²) in [5.41, 5.74) is 0.731. The summed E-state index contributed by atoms with van der Waals surface area (Å²) in [4.78, 5) is 3.91. The lowest BCUT2D eigenvalue weighted by Crippen LogP contribution is -1.85. The highest BCUT2D eigenvalue weighted by molar-refractivity contribution is 7.18. The molecular formula is C8H6FNOS. The van der Waals surface area contributed by atoms with Crippen molar-refractivity contribution in [3.63, 3.8) is 0 Å². The number of aliphatic hydroxyl groups excluding tert-OH is 1.